The topological polar surface area (TPSA) is 74.2 Å². The van der Waals surface area contributed by atoms with Crippen LogP contribution in [0.1, 0.15) is 42.8 Å². The van der Waals surface area contributed by atoms with Crippen molar-refractivity contribution in [1.29, 1.82) is 0 Å². The molecule has 26 heavy (non-hydrogen) atoms. The van der Waals surface area contributed by atoms with Crippen LogP contribution in [0.4, 0.5) is 8.78 Å². The summed E-state index contributed by atoms with van der Waals surface area (Å²) in [6.07, 6.45) is 2.77. The van der Waals surface area contributed by atoms with Crippen molar-refractivity contribution in [2.45, 2.75) is 37.7 Å². The number of hydrogen-bond acceptors (Lipinski definition) is 6. The highest BCUT2D eigenvalue weighted by molar-refractivity contribution is 5.47. The molecule has 1 aromatic carbocycles. The standard InChI is InChI=1S/C18H17F2N3O3/c1-24-10-11-9-14(22-25-11)16-21-17(23-26-16)18(7-2-3-8-18)15-12(19)5-4-6-13(15)20/h4-6,9H,2-3,7-8,10H2,1H3. The Morgan fingerprint density at radius 1 is 1.12 bits per heavy atom. The molecule has 1 fully saturated rings. The molecule has 1 aliphatic rings. The third kappa shape index (κ3) is 2.70. The summed E-state index contributed by atoms with van der Waals surface area (Å²) in [5.41, 5.74) is -0.570. The van der Waals surface area contributed by atoms with Gasteiger partial charge in [-0.1, -0.05) is 29.2 Å². The number of hydrogen-bond donors (Lipinski definition) is 0. The Balaban J connectivity index is 1.76. The number of benzene rings is 1. The molecule has 8 heteroatoms. The predicted octanol–water partition coefficient (Wildman–Crippen LogP) is 4.01. The molecule has 0 aliphatic heterocycles. The van der Waals surface area contributed by atoms with Crippen LogP contribution in [0.25, 0.3) is 11.6 Å². The molecule has 0 saturated heterocycles. The maximum absolute atomic E-state index is 14.5. The van der Waals surface area contributed by atoms with E-state index in [1.807, 2.05) is 0 Å². The van der Waals surface area contributed by atoms with Gasteiger partial charge in [0.05, 0.1) is 5.41 Å². The third-order valence-corrected chi connectivity index (χ3v) is 4.82. The number of ether oxygens (including phenoxy) is 1. The van der Waals surface area contributed by atoms with Crippen LogP contribution in [0.5, 0.6) is 0 Å². The van der Waals surface area contributed by atoms with E-state index in [0.717, 1.165) is 12.8 Å². The van der Waals surface area contributed by atoms with Gasteiger partial charge in [0, 0.05) is 18.7 Å². The van der Waals surface area contributed by atoms with E-state index in [1.54, 1.807) is 13.2 Å². The maximum Gasteiger partial charge on any atom is 0.280 e. The van der Waals surface area contributed by atoms with E-state index in [2.05, 4.69) is 15.3 Å². The van der Waals surface area contributed by atoms with E-state index in [-0.39, 0.29) is 23.9 Å². The molecular formula is C18H17F2N3O3. The Morgan fingerprint density at radius 3 is 2.54 bits per heavy atom. The average molecular weight is 361 g/mol. The van der Waals surface area contributed by atoms with Crippen molar-refractivity contribution in [2.24, 2.45) is 0 Å². The number of nitrogens with zero attached hydrogens (tertiary/aromatic N) is 3. The van der Waals surface area contributed by atoms with Crippen molar-refractivity contribution < 1.29 is 22.6 Å². The lowest BCUT2D eigenvalue weighted by Gasteiger charge is -2.26. The third-order valence-electron chi connectivity index (χ3n) is 4.82. The van der Waals surface area contributed by atoms with Crippen LogP contribution < -0.4 is 0 Å². The van der Waals surface area contributed by atoms with Gasteiger partial charge in [0.15, 0.2) is 17.3 Å². The van der Waals surface area contributed by atoms with Gasteiger partial charge < -0.3 is 13.8 Å². The molecule has 2 heterocycles. The largest absolute Gasteiger partial charge is 0.377 e. The Hall–Kier alpha value is -2.61. The van der Waals surface area contributed by atoms with Crippen molar-refractivity contribution in [3.63, 3.8) is 0 Å². The second-order valence-corrected chi connectivity index (χ2v) is 6.42. The number of aromatic nitrogens is 3. The minimum atomic E-state index is -0.934. The Kier molecular flexibility index (Phi) is 4.28. The molecule has 1 aliphatic carbocycles. The molecular weight excluding hydrogens is 344 g/mol. The Labute approximate surface area is 148 Å². The Morgan fingerprint density at radius 2 is 1.85 bits per heavy atom. The van der Waals surface area contributed by atoms with Gasteiger partial charge in [0.25, 0.3) is 5.89 Å². The van der Waals surface area contributed by atoms with Crippen molar-refractivity contribution in [3.05, 3.63) is 53.0 Å². The lowest BCUT2D eigenvalue weighted by molar-refractivity contribution is 0.156. The van der Waals surface area contributed by atoms with Crippen molar-refractivity contribution in [1.82, 2.24) is 15.3 Å². The quantitative estimate of drug-likeness (QED) is 0.684. The molecule has 0 spiro atoms. The molecule has 1 saturated carbocycles. The molecule has 0 radical (unpaired) electrons. The molecule has 136 valence electrons. The summed E-state index contributed by atoms with van der Waals surface area (Å²) in [6.45, 7) is 0.262. The number of rotatable bonds is 5. The van der Waals surface area contributed by atoms with Gasteiger partial charge in [-0.3, -0.25) is 0 Å². The van der Waals surface area contributed by atoms with E-state index in [9.17, 15) is 8.78 Å². The van der Waals surface area contributed by atoms with Crippen LogP contribution in [-0.2, 0) is 16.8 Å². The van der Waals surface area contributed by atoms with Gasteiger partial charge in [0.1, 0.15) is 18.2 Å². The fourth-order valence-electron chi connectivity index (χ4n) is 3.66. The summed E-state index contributed by atoms with van der Waals surface area (Å²) in [5.74, 6) is -0.262. The van der Waals surface area contributed by atoms with Gasteiger partial charge in [-0.05, 0) is 25.0 Å². The zero-order valence-electron chi connectivity index (χ0n) is 14.2. The zero-order valence-corrected chi connectivity index (χ0v) is 14.2. The van der Waals surface area contributed by atoms with Crippen LogP contribution in [0, 0.1) is 11.6 Å². The highest BCUT2D eigenvalue weighted by Crippen LogP contribution is 2.47. The highest BCUT2D eigenvalue weighted by atomic mass is 19.1. The minimum Gasteiger partial charge on any atom is -0.377 e. The monoisotopic (exact) mass is 361 g/mol. The van der Waals surface area contributed by atoms with E-state index in [0.29, 0.717) is 24.3 Å². The first-order chi connectivity index (χ1) is 12.6. The lowest BCUT2D eigenvalue weighted by Crippen LogP contribution is -2.28. The normalized spacial score (nSPS) is 16.3. The van der Waals surface area contributed by atoms with Gasteiger partial charge in [-0.2, -0.15) is 4.98 Å². The number of methoxy groups -OCH3 is 1. The summed E-state index contributed by atoms with van der Waals surface area (Å²) < 4.78 is 44.4. The first kappa shape index (κ1) is 16.8. The van der Waals surface area contributed by atoms with Crippen molar-refractivity contribution in [3.8, 4) is 11.6 Å². The Bertz CT molecular complexity index is 896. The van der Waals surface area contributed by atoms with E-state index >= 15 is 0 Å². The zero-order chi connectivity index (χ0) is 18.1. The smallest absolute Gasteiger partial charge is 0.280 e. The van der Waals surface area contributed by atoms with Crippen LogP contribution >= 0.6 is 0 Å². The molecule has 0 amide bonds. The molecule has 0 N–H and O–H groups in total. The van der Waals surface area contributed by atoms with Crippen molar-refractivity contribution >= 4 is 0 Å². The average Bonchev–Trinajstić information content (AvgIpc) is 3.35. The second-order valence-electron chi connectivity index (χ2n) is 6.42. The maximum atomic E-state index is 14.5. The van der Waals surface area contributed by atoms with Crippen LogP contribution in [-0.4, -0.2) is 22.4 Å². The fraction of sp³-hybridized carbons (Fsp3) is 0.389. The first-order valence-corrected chi connectivity index (χ1v) is 8.37. The molecule has 0 bridgehead atoms. The summed E-state index contributed by atoms with van der Waals surface area (Å²) in [6, 6.07) is 5.50. The summed E-state index contributed by atoms with van der Waals surface area (Å²) in [4.78, 5) is 4.39. The van der Waals surface area contributed by atoms with Gasteiger partial charge >= 0.3 is 0 Å². The summed E-state index contributed by atoms with van der Waals surface area (Å²) in [7, 11) is 1.54. The molecule has 2 aromatic heterocycles. The summed E-state index contributed by atoms with van der Waals surface area (Å²) in [5, 5.41) is 7.90. The van der Waals surface area contributed by atoms with E-state index in [4.69, 9.17) is 13.8 Å². The van der Waals surface area contributed by atoms with Crippen LogP contribution in [0.2, 0.25) is 0 Å². The van der Waals surface area contributed by atoms with Crippen LogP contribution in [0.3, 0.4) is 0 Å². The van der Waals surface area contributed by atoms with Crippen LogP contribution in [0.15, 0.2) is 33.3 Å². The predicted molar refractivity (Wildman–Crippen MR) is 86.1 cm³/mol. The second kappa shape index (κ2) is 6.60. The van der Waals surface area contributed by atoms with Gasteiger partial charge in [-0.25, -0.2) is 8.78 Å². The molecule has 4 rings (SSSR count). The first-order valence-electron chi connectivity index (χ1n) is 8.37. The fourth-order valence-corrected chi connectivity index (χ4v) is 3.66. The molecule has 6 nitrogen and oxygen atoms in total. The molecule has 3 aromatic rings. The summed E-state index contributed by atoms with van der Waals surface area (Å²) >= 11 is 0. The number of halogens is 2. The van der Waals surface area contributed by atoms with E-state index in [1.165, 1.54) is 18.2 Å². The lowest BCUT2D eigenvalue weighted by atomic mass is 9.77. The van der Waals surface area contributed by atoms with Gasteiger partial charge in [0.2, 0.25) is 0 Å². The van der Waals surface area contributed by atoms with Gasteiger partial charge in [-0.15, -0.1) is 0 Å². The molecule has 0 unspecified atom stereocenters. The van der Waals surface area contributed by atoms with Crippen molar-refractivity contribution in [2.75, 3.05) is 7.11 Å². The van der Waals surface area contributed by atoms with E-state index < -0.39 is 17.0 Å². The SMILES string of the molecule is COCc1cc(-c2nc(C3(c4c(F)cccc4F)CCCC3)no2)no1. The molecule has 0 atom stereocenters. The minimum absolute atomic E-state index is 0.00470. The highest BCUT2D eigenvalue weighted by Gasteiger charge is 2.45.